The minimum absolute atomic E-state index is 0.292. The lowest BCUT2D eigenvalue weighted by atomic mass is 10.2. The molecule has 0 aliphatic heterocycles. The number of azide groups is 1. The maximum atomic E-state index is 10.1. The highest BCUT2D eigenvalue weighted by Crippen LogP contribution is 2.24. The van der Waals surface area contributed by atoms with Crippen molar-refractivity contribution in [3.8, 4) is 0 Å². The van der Waals surface area contributed by atoms with E-state index in [9.17, 15) is 10.1 Å². The Hall–Kier alpha value is -2.04. The van der Waals surface area contributed by atoms with E-state index in [0.717, 1.165) is 6.20 Å². The zero-order chi connectivity index (χ0) is 11.3. The molecule has 0 saturated heterocycles. The molecule has 0 aliphatic rings. The van der Waals surface area contributed by atoms with E-state index >= 15 is 0 Å². The molecule has 0 N–H and O–H groups in total. The Kier molecular flexibility index (Phi) is 3.68. The summed E-state index contributed by atoms with van der Waals surface area (Å²) in [5.74, 6) is 0. The number of hydrogen-bond acceptors (Lipinski definition) is 3. The molecule has 7 heteroatoms. The minimum Gasteiger partial charge on any atom is -0.259 e. The average molecular weight is 225 g/mol. The van der Waals surface area contributed by atoms with Gasteiger partial charge in [0.15, 0.2) is 0 Å². The van der Waals surface area contributed by atoms with Crippen molar-refractivity contribution in [3.05, 3.63) is 55.5 Å². The van der Waals surface area contributed by atoms with Gasteiger partial charge >= 0.3 is 0 Å². The molecule has 76 valence electrons. The molecule has 0 bridgehead atoms. The second kappa shape index (κ2) is 4.99. The molecule has 0 spiro atoms. The first-order valence-electron chi connectivity index (χ1n) is 3.80. The first-order valence-corrected chi connectivity index (χ1v) is 4.17. The molecule has 0 aliphatic carbocycles. The Morgan fingerprint density at radius 2 is 2.33 bits per heavy atom. The van der Waals surface area contributed by atoms with Crippen LogP contribution in [0, 0.1) is 10.1 Å². The lowest BCUT2D eigenvalue weighted by Gasteiger charge is -1.98. The van der Waals surface area contributed by atoms with Crippen LogP contribution in [-0.2, 0) is 0 Å². The first kappa shape index (κ1) is 11.0. The average Bonchev–Trinajstić information content (AvgIpc) is 2.18. The van der Waals surface area contributed by atoms with Gasteiger partial charge in [0.2, 0.25) is 6.20 Å². The molecule has 0 radical (unpaired) electrons. The van der Waals surface area contributed by atoms with Gasteiger partial charge in [-0.1, -0.05) is 22.8 Å². The molecular weight excluding hydrogens is 220 g/mol. The van der Waals surface area contributed by atoms with Crippen LogP contribution in [-0.4, -0.2) is 4.92 Å². The molecule has 1 aromatic rings. The smallest absolute Gasteiger partial charge is 0.235 e. The van der Waals surface area contributed by atoms with Crippen LogP contribution < -0.4 is 0 Å². The van der Waals surface area contributed by atoms with Crippen LogP contribution in [0.2, 0.25) is 5.02 Å². The van der Waals surface area contributed by atoms with Crippen molar-refractivity contribution in [1.29, 1.82) is 0 Å². The number of hydrogen-bond donors (Lipinski definition) is 0. The fourth-order valence-corrected chi connectivity index (χ4v) is 1.12. The fraction of sp³-hybridized carbons (Fsp3) is 0. The Bertz CT molecular complexity index is 466. The number of benzene rings is 1. The number of halogens is 1. The van der Waals surface area contributed by atoms with Gasteiger partial charge in [-0.3, -0.25) is 10.1 Å². The summed E-state index contributed by atoms with van der Waals surface area (Å²) in [5.41, 5.74) is 8.95. The lowest BCUT2D eigenvalue weighted by molar-refractivity contribution is -0.400. The summed E-state index contributed by atoms with van der Waals surface area (Å²) in [4.78, 5) is 12.1. The molecule has 1 aromatic carbocycles. The van der Waals surface area contributed by atoms with Gasteiger partial charge in [0.05, 0.1) is 4.92 Å². The Balaban J connectivity index is 3.18. The van der Waals surface area contributed by atoms with Crippen LogP contribution in [0.15, 0.2) is 29.5 Å². The van der Waals surface area contributed by atoms with Crippen molar-refractivity contribution >= 4 is 23.4 Å². The summed E-state index contributed by atoms with van der Waals surface area (Å²) >= 11 is 5.69. The van der Waals surface area contributed by atoms with Crippen LogP contribution in [0.1, 0.15) is 5.56 Å². The summed E-state index contributed by atoms with van der Waals surface area (Å²) in [5, 5.41) is 13.9. The van der Waals surface area contributed by atoms with Crippen molar-refractivity contribution < 1.29 is 4.92 Å². The maximum absolute atomic E-state index is 10.1. The molecule has 0 amide bonds. The van der Waals surface area contributed by atoms with E-state index in [1.165, 1.54) is 24.3 Å². The molecule has 0 saturated carbocycles. The van der Waals surface area contributed by atoms with Gasteiger partial charge in [-0.05, 0) is 23.2 Å². The number of rotatable bonds is 3. The summed E-state index contributed by atoms with van der Waals surface area (Å²) in [7, 11) is 0. The van der Waals surface area contributed by atoms with Crippen LogP contribution in [0.4, 0.5) is 5.69 Å². The largest absolute Gasteiger partial charge is 0.259 e. The summed E-state index contributed by atoms with van der Waals surface area (Å²) in [6, 6.07) is 4.50. The molecule has 6 nitrogen and oxygen atoms in total. The molecule has 0 fully saturated rings. The van der Waals surface area contributed by atoms with E-state index < -0.39 is 4.92 Å². The predicted octanol–water partition coefficient (Wildman–Crippen LogP) is 3.53. The topological polar surface area (TPSA) is 91.9 Å². The SMILES string of the molecule is [N-]=[N+]=Nc1ccc(Cl)cc1/C=C/[N+](=O)[O-]. The Morgan fingerprint density at radius 3 is 2.93 bits per heavy atom. The van der Waals surface area contributed by atoms with Crippen molar-refractivity contribution in [2.45, 2.75) is 0 Å². The Morgan fingerprint density at radius 1 is 1.60 bits per heavy atom. The van der Waals surface area contributed by atoms with Crippen LogP contribution in [0.5, 0.6) is 0 Å². The van der Waals surface area contributed by atoms with Crippen LogP contribution >= 0.6 is 11.6 Å². The molecular formula is C8H5ClN4O2. The third-order valence-corrected chi connectivity index (χ3v) is 1.75. The van der Waals surface area contributed by atoms with Crippen molar-refractivity contribution in [2.75, 3.05) is 0 Å². The van der Waals surface area contributed by atoms with Crippen LogP contribution in [0.3, 0.4) is 0 Å². The highest BCUT2D eigenvalue weighted by Gasteiger charge is 1.99. The second-order valence-corrected chi connectivity index (χ2v) is 2.93. The normalized spacial score (nSPS) is 9.93. The molecule has 0 atom stereocenters. The summed E-state index contributed by atoms with van der Waals surface area (Å²) in [6.07, 6.45) is 1.97. The third kappa shape index (κ3) is 3.30. The fourth-order valence-electron chi connectivity index (χ4n) is 0.939. The van der Waals surface area contributed by atoms with Gasteiger partial charge < -0.3 is 0 Å². The van der Waals surface area contributed by atoms with Gasteiger partial charge in [0.1, 0.15) is 0 Å². The van der Waals surface area contributed by atoms with Crippen molar-refractivity contribution in [3.63, 3.8) is 0 Å². The van der Waals surface area contributed by atoms with Gasteiger partial charge in [-0.25, -0.2) is 0 Å². The standard InChI is InChI=1S/C8H5ClN4O2/c9-7-1-2-8(11-12-10)6(5-7)3-4-13(14)15/h1-5H/b4-3+. The maximum Gasteiger partial charge on any atom is 0.235 e. The van der Waals surface area contributed by atoms with E-state index in [2.05, 4.69) is 10.0 Å². The molecule has 0 heterocycles. The number of nitrogens with zero attached hydrogens (tertiary/aromatic N) is 4. The molecule has 0 aromatic heterocycles. The zero-order valence-electron chi connectivity index (χ0n) is 7.37. The summed E-state index contributed by atoms with van der Waals surface area (Å²) in [6.45, 7) is 0. The third-order valence-electron chi connectivity index (χ3n) is 1.52. The monoisotopic (exact) mass is 224 g/mol. The highest BCUT2D eigenvalue weighted by atomic mass is 35.5. The first-order chi connectivity index (χ1) is 7.13. The lowest BCUT2D eigenvalue weighted by Crippen LogP contribution is -1.82. The van der Waals surface area contributed by atoms with E-state index in [1.807, 2.05) is 0 Å². The van der Waals surface area contributed by atoms with E-state index in [4.69, 9.17) is 17.1 Å². The van der Waals surface area contributed by atoms with E-state index in [0.29, 0.717) is 16.3 Å². The molecule has 0 unspecified atom stereocenters. The zero-order valence-corrected chi connectivity index (χ0v) is 8.13. The van der Waals surface area contributed by atoms with Crippen molar-refractivity contribution in [2.24, 2.45) is 5.11 Å². The van der Waals surface area contributed by atoms with Gasteiger partial charge in [-0.15, -0.1) is 0 Å². The van der Waals surface area contributed by atoms with Gasteiger partial charge in [0, 0.05) is 21.7 Å². The Labute approximate surface area is 89.6 Å². The predicted molar refractivity (Wildman–Crippen MR) is 56.3 cm³/mol. The van der Waals surface area contributed by atoms with Crippen LogP contribution in [0.25, 0.3) is 16.5 Å². The summed E-state index contributed by atoms with van der Waals surface area (Å²) < 4.78 is 0. The van der Waals surface area contributed by atoms with Crippen molar-refractivity contribution in [1.82, 2.24) is 0 Å². The van der Waals surface area contributed by atoms with Gasteiger partial charge in [0.25, 0.3) is 0 Å². The van der Waals surface area contributed by atoms with Gasteiger partial charge in [-0.2, -0.15) is 0 Å². The molecule has 15 heavy (non-hydrogen) atoms. The minimum atomic E-state index is -0.610. The van der Waals surface area contributed by atoms with E-state index in [1.54, 1.807) is 0 Å². The highest BCUT2D eigenvalue weighted by molar-refractivity contribution is 6.30. The quantitative estimate of drug-likeness (QED) is 0.258. The second-order valence-electron chi connectivity index (χ2n) is 2.49. The van der Waals surface area contributed by atoms with E-state index in [-0.39, 0.29) is 0 Å². The number of nitro groups is 1. The molecule has 1 rings (SSSR count).